The fourth-order valence-corrected chi connectivity index (χ4v) is 10.3. The van der Waals surface area contributed by atoms with E-state index in [4.69, 9.17) is 4.98 Å². The third-order valence-corrected chi connectivity index (χ3v) is 11.6. The molecule has 0 aliphatic carbocycles. The predicted molar refractivity (Wildman–Crippen MR) is 125 cm³/mol. The van der Waals surface area contributed by atoms with Gasteiger partial charge >= 0.3 is 188 Å². The maximum atomic E-state index is 13.5. The summed E-state index contributed by atoms with van der Waals surface area (Å²) in [4.78, 5) is 4.85. The van der Waals surface area contributed by atoms with Gasteiger partial charge in [0.25, 0.3) is 0 Å². The molecule has 0 saturated carbocycles. The van der Waals surface area contributed by atoms with Crippen LogP contribution < -0.4 is 3.71 Å². The Bertz CT molecular complexity index is 699. The van der Waals surface area contributed by atoms with Crippen LogP contribution in [0.5, 0.6) is 0 Å². The monoisotopic (exact) mass is 506 g/mol. The van der Waals surface area contributed by atoms with E-state index in [9.17, 15) is 4.39 Å². The van der Waals surface area contributed by atoms with Gasteiger partial charge in [0.1, 0.15) is 0 Å². The fraction of sp³-hybridized carbons (Fsp3) is 0.640. The zero-order valence-corrected chi connectivity index (χ0v) is 22.0. The number of halogens is 1. The quantitative estimate of drug-likeness (QED) is 0.261. The van der Waals surface area contributed by atoms with Crippen LogP contribution >= 0.6 is 0 Å². The van der Waals surface area contributed by atoms with Crippen LogP contribution in [0.15, 0.2) is 30.6 Å². The molecule has 0 bridgehead atoms. The third-order valence-electron chi connectivity index (χ3n) is 5.88. The molecule has 0 N–H and O–H groups in total. The summed E-state index contributed by atoms with van der Waals surface area (Å²) in [5.74, 6) is -0.179. The first-order valence-corrected chi connectivity index (χ1v) is 14.4. The molecular weight excluding hydrogens is 466 g/mol. The zero-order chi connectivity index (χ0) is 21.3. The molecule has 160 valence electrons. The Kier molecular flexibility index (Phi) is 10.2. The van der Waals surface area contributed by atoms with Crippen molar-refractivity contribution in [3.8, 4) is 11.3 Å². The Hall–Kier alpha value is -0.841. The van der Waals surface area contributed by atoms with E-state index in [0.717, 1.165) is 11.3 Å². The minimum atomic E-state index is -0.937. The van der Waals surface area contributed by atoms with Gasteiger partial charge in [-0.3, -0.25) is 0 Å². The second-order valence-corrected chi connectivity index (χ2v) is 13.8. The number of imidazole rings is 1. The van der Waals surface area contributed by atoms with Crippen molar-refractivity contribution in [1.82, 2.24) is 9.55 Å². The molecule has 4 heteroatoms. The summed E-state index contributed by atoms with van der Waals surface area (Å²) in [6, 6.07) is 7.34. The van der Waals surface area contributed by atoms with Crippen LogP contribution in [-0.4, -0.2) is 30.7 Å². The van der Waals surface area contributed by atoms with Crippen molar-refractivity contribution in [2.75, 3.05) is 0 Å². The van der Waals surface area contributed by atoms with E-state index in [0.29, 0.717) is 9.47 Å². The molecule has 0 fully saturated rings. The zero-order valence-electron chi connectivity index (χ0n) is 19.1. The molecule has 2 aromatic rings. The van der Waals surface area contributed by atoms with E-state index >= 15 is 0 Å². The molecule has 1 heterocycles. The van der Waals surface area contributed by atoms with E-state index < -0.39 is 21.1 Å². The van der Waals surface area contributed by atoms with Gasteiger partial charge in [0.05, 0.1) is 0 Å². The molecular formula is C25H39FN2Sn. The van der Waals surface area contributed by atoms with Gasteiger partial charge in [-0.1, -0.05) is 0 Å². The molecule has 2 radical (unpaired) electrons. The number of nitrogens with zero attached hydrogens (tertiary/aromatic N) is 2. The van der Waals surface area contributed by atoms with Crippen molar-refractivity contribution >= 4 is 24.9 Å². The average Bonchev–Trinajstić information content (AvgIpc) is 3.13. The second kappa shape index (κ2) is 12.1. The molecule has 1 aromatic carbocycles. The standard InChI is InChI=1S/C13H27.C12H12FN2.Sn/c1-4-7-10-13(11-8-5-2)12-9-6-3;1-9(2)15-7-12(14-8-15)10-3-5-11(13)6-4-10;/h4-12H2,1-3H3;3-6,8-9H,1-2H3;. The predicted octanol–water partition coefficient (Wildman–Crippen LogP) is 7.33. The molecule has 0 aliphatic rings. The molecule has 29 heavy (non-hydrogen) atoms. The van der Waals surface area contributed by atoms with Crippen molar-refractivity contribution in [1.29, 1.82) is 0 Å². The Balaban J connectivity index is 2.48. The van der Waals surface area contributed by atoms with Crippen LogP contribution in [0.1, 0.15) is 98.4 Å². The summed E-state index contributed by atoms with van der Waals surface area (Å²) in [5.41, 5.74) is 2.18. The summed E-state index contributed by atoms with van der Waals surface area (Å²) in [6.45, 7) is 11.5. The Morgan fingerprint density at radius 3 is 1.90 bits per heavy atom. The summed E-state index contributed by atoms with van der Waals surface area (Å²) in [5, 5.41) is 0. The molecule has 0 aliphatic heterocycles. The van der Waals surface area contributed by atoms with Gasteiger partial charge in [-0.15, -0.1) is 0 Å². The first-order valence-electron chi connectivity index (χ1n) is 11.6. The number of hydrogen-bond donors (Lipinski definition) is 0. The van der Waals surface area contributed by atoms with Gasteiger partial charge in [0.2, 0.25) is 0 Å². The van der Waals surface area contributed by atoms with Crippen LogP contribution in [-0.2, 0) is 0 Å². The van der Waals surface area contributed by atoms with Crippen molar-refractivity contribution in [3.63, 3.8) is 0 Å². The van der Waals surface area contributed by atoms with Crippen LogP contribution in [0.25, 0.3) is 11.3 Å². The van der Waals surface area contributed by atoms with Gasteiger partial charge in [0, 0.05) is 0 Å². The number of benzene rings is 1. The number of aromatic nitrogens is 2. The van der Waals surface area contributed by atoms with Crippen LogP contribution in [0.2, 0.25) is 3.43 Å². The molecule has 0 saturated heterocycles. The average molecular weight is 505 g/mol. The van der Waals surface area contributed by atoms with E-state index in [-0.39, 0.29) is 5.82 Å². The molecule has 2 nitrogen and oxygen atoms in total. The SMILES string of the molecule is CCCC[C](CCCC)(CCCC)[Sn][c]1c(-c2ccc(F)cc2)ncn1C(C)C. The van der Waals surface area contributed by atoms with Crippen LogP contribution in [0, 0.1) is 5.82 Å². The van der Waals surface area contributed by atoms with E-state index in [1.807, 2.05) is 18.5 Å². The molecule has 0 unspecified atom stereocenters. The molecule has 1 aromatic heterocycles. The van der Waals surface area contributed by atoms with E-state index in [1.54, 1.807) is 12.1 Å². The van der Waals surface area contributed by atoms with Gasteiger partial charge in [-0.2, -0.15) is 0 Å². The van der Waals surface area contributed by atoms with Gasteiger partial charge < -0.3 is 0 Å². The molecule has 2 rings (SSSR count). The normalized spacial score (nSPS) is 12.1. The minimum absolute atomic E-state index is 0.179. The van der Waals surface area contributed by atoms with Crippen LogP contribution in [0.4, 0.5) is 4.39 Å². The number of hydrogen-bond acceptors (Lipinski definition) is 1. The molecule has 0 atom stereocenters. The number of unbranched alkanes of at least 4 members (excludes halogenated alkanes) is 3. The van der Waals surface area contributed by atoms with E-state index in [2.05, 4.69) is 39.2 Å². The van der Waals surface area contributed by atoms with Crippen molar-refractivity contribution < 1.29 is 4.39 Å². The van der Waals surface area contributed by atoms with Gasteiger partial charge in [-0.25, -0.2) is 0 Å². The summed E-state index contributed by atoms with van der Waals surface area (Å²) in [7, 11) is 0. The second-order valence-electron chi connectivity index (χ2n) is 8.67. The van der Waals surface area contributed by atoms with Gasteiger partial charge in [-0.05, 0) is 0 Å². The van der Waals surface area contributed by atoms with Crippen molar-refractivity contribution in [2.45, 2.75) is 102 Å². The van der Waals surface area contributed by atoms with Crippen molar-refractivity contribution in [2.24, 2.45) is 0 Å². The molecule has 0 spiro atoms. The maximum absolute atomic E-state index is 13.5. The molecule has 0 amide bonds. The third kappa shape index (κ3) is 6.83. The summed E-state index contributed by atoms with van der Waals surface area (Å²) >= 11 is -0.937. The van der Waals surface area contributed by atoms with E-state index in [1.165, 1.54) is 61.5 Å². The first-order chi connectivity index (χ1) is 14.0. The number of rotatable bonds is 13. The fourth-order valence-electron chi connectivity index (χ4n) is 4.05. The Morgan fingerprint density at radius 2 is 1.45 bits per heavy atom. The summed E-state index contributed by atoms with van der Waals surface area (Å²) < 4.78 is 17.9. The van der Waals surface area contributed by atoms with Crippen LogP contribution in [0.3, 0.4) is 0 Å². The topological polar surface area (TPSA) is 17.8 Å². The Morgan fingerprint density at radius 1 is 0.931 bits per heavy atom. The summed E-state index contributed by atoms with van der Waals surface area (Å²) in [6.07, 6.45) is 13.9. The van der Waals surface area contributed by atoms with Crippen molar-refractivity contribution in [3.05, 3.63) is 36.4 Å². The van der Waals surface area contributed by atoms with Gasteiger partial charge in [0.15, 0.2) is 0 Å². The first kappa shape index (κ1) is 24.4. The Labute approximate surface area is 187 Å².